The first kappa shape index (κ1) is 14.0. The fourth-order valence-electron chi connectivity index (χ4n) is 2.15. The molecule has 0 fully saturated rings. The van der Waals surface area contributed by atoms with Gasteiger partial charge in [0.2, 0.25) is 5.88 Å². The maximum atomic E-state index is 11.4. The molecule has 1 amide bonds. The van der Waals surface area contributed by atoms with E-state index < -0.39 is 5.91 Å². The molecular formula is C15H10N4O2S. The Labute approximate surface area is 129 Å². The number of hydrogen-bond acceptors (Lipinski definition) is 6. The molecule has 0 unspecified atom stereocenters. The van der Waals surface area contributed by atoms with Gasteiger partial charge < -0.3 is 10.5 Å². The van der Waals surface area contributed by atoms with Crippen molar-refractivity contribution in [3.8, 4) is 23.1 Å². The number of carbonyl (C=O) groups is 1. The minimum absolute atomic E-state index is 0.155. The van der Waals surface area contributed by atoms with Gasteiger partial charge in [0, 0.05) is 5.56 Å². The van der Waals surface area contributed by atoms with Gasteiger partial charge in [-0.1, -0.05) is 30.3 Å². The van der Waals surface area contributed by atoms with Gasteiger partial charge in [0.1, 0.15) is 11.6 Å². The van der Waals surface area contributed by atoms with Gasteiger partial charge in [0.05, 0.1) is 11.8 Å². The summed E-state index contributed by atoms with van der Waals surface area (Å²) >= 11 is 1.13. The minimum Gasteiger partial charge on any atom is -0.479 e. The highest BCUT2D eigenvalue weighted by Crippen LogP contribution is 2.38. The van der Waals surface area contributed by atoms with E-state index in [9.17, 15) is 10.1 Å². The highest BCUT2D eigenvalue weighted by Gasteiger charge is 2.21. The summed E-state index contributed by atoms with van der Waals surface area (Å²) in [7, 11) is 1.44. The first-order chi connectivity index (χ1) is 10.7. The lowest BCUT2D eigenvalue weighted by atomic mass is 10.0. The lowest BCUT2D eigenvalue weighted by Crippen LogP contribution is -2.09. The molecule has 0 saturated carbocycles. The Balaban J connectivity index is 2.44. The molecule has 2 N–H and O–H groups in total. The number of nitrogens with zero attached hydrogens (tertiary/aromatic N) is 3. The predicted molar refractivity (Wildman–Crippen MR) is 82.6 cm³/mol. The van der Waals surface area contributed by atoms with Crippen LogP contribution in [-0.2, 0) is 0 Å². The highest BCUT2D eigenvalue weighted by atomic mass is 32.1. The van der Waals surface area contributed by atoms with Crippen molar-refractivity contribution in [3.63, 3.8) is 0 Å². The Hall–Kier alpha value is -2.98. The third-order valence-corrected chi connectivity index (χ3v) is 4.17. The fourth-order valence-corrected chi connectivity index (χ4v) is 3.13. The number of fused-ring (bicyclic) bond motifs is 1. The van der Waals surface area contributed by atoms with Gasteiger partial charge in [-0.3, -0.25) is 4.79 Å². The number of rotatable bonds is 3. The summed E-state index contributed by atoms with van der Waals surface area (Å²) in [5.41, 5.74) is 7.41. The van der Waals surface area contributed by atoms with E-state index in [4.69, 9.17) is 10.5 Å². The number of methoxy groups -OCH3 is 1. The summed E-state index contributed by atoms with van der Waals surface area (Å²) in [6.07, 6.45) is 0. The molecule has 0 radical (unpaired) electrons. The average molecular weight is 310 g/mol. The van der Waals surface area contributed by atoms with Crippen LogP contribution in [0.2, 0.25) is 0 Å². The van der Waals surface area contributed by atoms with Crippen molar-refractivity contribution in [2.75, 3.05) is 7.11 Å². The molecule has 7 heteroatoms. The fraction of sp³-hybridized carbons (Fsp3) is 0.0667. The van der Waals surface area contributed by atoms with Crippen molar-refractivity contribution in [3.05, 3.63) is 41.0 Å². The molecule has 0 aliphatic carbocycles. The molecule has 1 aromatic carbocycles. The number of thiazole rings is 1. The smallest absolute Gasteiger partial charge is 0.277 e. The molecular weight excluding hydrogens is 300 g/mol. The summed E-state index contributed by atoms with van der Waals surface area (Å²) in [6.45, 7) is 0. The van der Waals surface area contributed by atoms with Crippen LogP contribution in [-0.4, -0.2) is 23.0 Å². The largest absolute Gasteiger partial charge is 0.479 e. The molecule has 6 nitrogen and oxygen atoms in total. The lowest BCUT2D eigenvalue weighted by molar-refractivity contribution is 0.1000. The minimum atomic E-state index is -0.624. The van der Waals surface area contributed by atoms with E-state index in [0.717, 1.165) is 16.9 Å². The van der Waals surface area contributed by atoms with Crippen LogP contribution >= 0.6 is 11.3 Å². The van der Waals surface area contributed by atoms with E-state index in [-0.39, 0.29) is 16.6 Å². The van der Waals surface area contributed by atoms with Gasteiger partial charge in [-0.25, -0.2) is 4.98 Å². The van der Waals surface area contributed by atoms with Gasteiger partial charge in [-0.2, -0.15) is 10.2 Å². The van der Waals surface area contributed by atoms with E-state index >= 15 is 0 Å². The van der Waals surface area contributed by atoms with Crippen LogP contribution in [0.3, 0.4) is 0 Å². The number of ether oxygens (including phenoxy) is 1. The molecule has 2 heterocycles. The number of pyridine rings is 1. The van der Waals surface area contributed by atoms with E-state index in [1.807, 2.05) is 30.3 Å². The van der Waals surface area contributed by atoms with Crippen LogP contribution in [0.5, 0.6) is 5.88 Å². The number of hydrogen-bond donors (Lipinski definition) is 1. The van der Waals surface area contributed by atoms with Crippen molar-refractivity contribution >= 4 is 27.5 Å². The third kappa shape index (κ3) is 2.16. The first-order valence-corrected chi connectivity index (χ1v) is 7.11. The summed E-state index contributed by atoms with van der Waals surface area (Å²) in [5.74, 6) is -0.421. The summed E-state index contributed by atoms with van der Waals surface area (Å²) < 4.78 is 5.84. The standard InChI is InChI=1S/C15H10N4O2S/c1-21-14-11-12(22-15(19-11)13(17)20)10(9(7-16)18-14)8-5-3-2-4-6-8/h2-6H,1H3,(H2,17,20). The monoisotopic (exact) mass is 310 g/mol. The van der Waals surface area contributed by atoms with E-state index in [0.29, 0.717) is 15.8 Å². The van der Waals surface area contributed by atoms with E-state index in [1.165, 1.54) is 7.11 Å². The second-order valence-corrected chi connectivity index (χ2v) is 5.38. The highest BCUT2D eigenvalue weighted by molar-refractivity contribution is 7.20. The third-order valence-electron chi connectivity index (χ3n) is 3.08. The van der Waals surface area contributed by atoms with Crippen LogP contribution in [0.15, 0.2) is 30.3 Å². The van der Waals surface area contributed by atoms with Gasteiger partial charge >= 0.3 is 0 Å². The topological polar surface area (TPSA) is 102 Å². The molecule has 0 aliphatic rings. The Morgan fingerprint density at radius 1 is 1.32 bits per heavy atom. The average Bonchev–Trinajstić information content (AvgIpc) is 2.99. The number of benzene rings is 1. The zero-order valence-electron chi connectivity index (χ0n) is 11.5. The van der Waals surface area contributed by atoms with Gasteiger partial charge in [-0.15, -0.1) is 11.3 Å². The number of primary amides is 1. The zero-order valence-corrected chi connectivity index (χ0v) is 12.3. The quantitative estimate of drug-likeness (QED) is 0.800. The second-order valence-electron chi connectivity index (χ2n) is 4.38. The predicted octanol–water partition coefficient (Wildman–Crippen LogP) is 2.34. The summed E-state index contributed by atoms with van der Waals surface area (Å²) in [5, 5.41) is 9.55. The molecule has 2 aromatic heterocycles. The Morgan fingerprint density at radius 3 is 2.64 bits per heavy atom. The van der Waals surface area contributed by atoms with Crippen molar-refractivity contribution in [1.29, 1.82) is 5.26 Å². The maximum absolute atomic E-state index is 11.4. The first-order valence-electron chi connectivity index (χ1n) is 6.29. The number of aromatic nitrogens is 2. The lowest BCUT2D eigenvalue weighted by Gasteiger charge is -2.07. The number of nitriles is 1. The SMILES string of the molecule is COc1nc(C#N)c(-c2ccccc2)c2sc(C(N)=O)nc12. The molecule has 3 rings (SSSR count). The van der Waals surface area contributed by atoms with E-state index in [2.05, 4.69) is 16.0 Å². The van der Waals surface area contributed by atoms with Crippen LogP contribution in [0.25, 0.3) is 21.3 Å². The molecule has 22 heavy (non-hydrogen) atoms. The number of nitrogens with two attached hydrogens (primary N) is 1. The molecule has 0 atom stereocenters. The summed E-state index contributed by atoms with van der Waals surface area (Å²) in [4.78, 5) is 19.8. The van der Waals surface area contributed by atoms with Crippen molar-refractivity contribution in [2.45, 2.75) is 0 Å². The maximum Gasteiger partial charge on any atom is 0.277 e. The molecule has 108 valence electrons. The van der Waals surface area contributed by atoms with E-state index in [1.54, 1.807) is 0 Å². The molecule has 0 spiro atoms. The van der Waals surface area contributed by atoms with Crippen LogP contribution < -0.4 is 10.5 Å². The molecule has 0 bridgehead atoms. The van der Waals surface area contributed by atoms with Gasteiger partial charge in [0.25, 0.3) is 5.91 Å². The van der Waals surface area contributed by atoms with Gasteiger partial charge in [0.15, 0.2) is 10.7 Å². The Bertz CT molecular complexity index is 913. The van der Waals surface area contributed by atoms with Gasteiger partial charge in [-0.05, 0) is 5.56 Å². The number of amides is 1. The summed E-state index contributed by atoms with van der Waals surface area (Å²) in [6, 6.07) is 11.4. The zero-order chi connectivity index (χ0) is 15.7. The van der Waals surface area contributed by atoms with Crippen molar-refractivity contribution in [2.24, 2.45) is 5.73 Å². The Morgan fingerprint density at radius 2 is 2.05 bits per heavy atom. The molecule has 0 aliphatic heterocycles. The normalized spacial score (nSPS) is 10.4. The van der Waals surface area contributed by atoms with Crippen molar-refractivity contribution < 1.29 is 9.53 Å². The second kappa shape index (κ2) is 5.42. The van der Waals surface area contributed by atoms with Crippen molar-refractivity contribution in [1.82, 2.24) is 9.97 Å². The molecule has 3 aromatic rings. The Kier molecular flexibility index (Phi) is 3.45. The van der Waals surface area contributed by atoms with Crippen LogP contribution in [0.4, 0.5) is 0 Å². The number of carbonyl (C=O) groups excluding carboxylic acids is 1. The van der Waals surface area contributed by atoms with Crippen LogP contribution in [0.1, 0.15) is 15.5 Å². The van der Waals surface area contributed by atoms with Crippen LogP contribution in [0, 0.1) is 11.3 Å². The molecule has 0 saturated heterocycles.